The first kappa shape index (κ1) is 14.3. The molecule has 2 rings (SSSR count). The van der Waals surface area contributed by atoms with Gasteiger partial charge in [0.2, 0.25) is 0 Å². The van der Waals surface area contributed by atoms with Crippen molar-refractivity contribution in [1.82, 2.24) is 0 Å². The second-order valence-corrected chi connectivity index (χ2v) is 5.20. The number of ether oxygens (including phenoxy) is 1. The lowest BCUT2D eigenvalue weighted by Crippen LogP contribution is -2.32. The van der Waals surface area contributed by atoms with Crippen LogP contribution in [0.4, 0.5) is 4.39 Å². The van der Waals surface area contributed by atoms with Crippen molar-refractivity contribution in [2.45, 2.75) is 38.5 Å². The van der Waals surface area contributed by atoms with E-state index in [1.807, 2.05) is 0 Å². The summed E-state index contributed by atoms with van der Waals surface area (Å²) in [5.74, 6) is 0.528. The van der Waals surface area contributed by atoms with Gasteiger partial charge in [0, 0.05) is 11.5 Å². The maximum atomic E-state index is 13.5. The second-order valence-electron chi connectivity index (χ2n) is 5.20. The van der Waals surface area contributed by atoms with Crippen molar-refractivity contribution in [2.24, 2.45) is 5.92 Å². The molecule has 1 aliphatic carbocycles. The third-order valence-electron chi connectivity index (χ3n) is 3.77. The predicted molar refractivity (Wildman–Crippen MR) is 72.9 cm³/mol. The van der Waals surface area contributed by atoms with E-state index in [9.17, 15) is 4.39 Å². The zero-order chi connectivity index (χ0) is 13.7. The molecule has 0 heterocycles. The van der Waals surface area contributed by atoms with Gasteiger partial charge in [-0.15, -0.1) is 0 Å². The minimum Gasteiger partial charge on any atom is -0.493 e. The summed E-state index contributed by atoms with van der Waals surface area (Å²) >= 11 is 0. The lowest BCUT2D eigenvalue weighted by Gasteiger charge is -2.21. The molecule has 1 saturated carbocycles. The Hall–Kier alpha value is -1.07. The van der Waals surface area contributed by atoms with Gasteiger partial charge in [0.05, 0.1) is 6.61 Å². The van der Waals surface area contributed by atoms with Crippen LogP contribution < -0.4 is 10.2 Å². The summed E-state index contributed by atoms with van der Waals surface area (Å²) in [7, 11) is -1.78. The van der Waals surface area contributed by atoms with Gasteiger partial charge in [0.25, 0.3) is 0 Å². The topological polar surface area (TPSA) is 49.7 Å². The van der Waals surface area contributed by atoms with Gasteiger partial charge < -0.3 is 14.8 Å². The standard InChI is InChI=1S/C14H20BFO3/c16-14-10-12(6-7-13(14)15(17)18)19-9-8-11-4-2-1-3-5-11/h6-7,10-11,17-18H,1-5,8-9H2. The van der Waals surface area contributed by atoms with Crippen molar-refractivity contribution in [3.05, 3.63) is 24.0 Å². The minimum absolute atomic E-state index is 0.125. The molecule has 0 unspecified atom stereocenters. The largest absolute Gasteiger partial charge is 0.493 e. The van der Waals surface area contributed by atoms with Gasteiger partial charge >= 0.3 is 7.12 Å². The first-order valence-electron chi connectivity index (χ1n) is 6.95. The number of benzene rings is 1. The molecule has 5 heteroatoms. The zero-order valence-corrected chi connectivity index (χ0v) is 11.0. The predicted octanol–water partition coefficient (Wildman–Crippen LogP) is 1.85. The molecule has 0 spiro atoms. The van der Waals surface area contributed by atoms with Crippen molar-refractivity contribution < 1.29 is 19.2 Å². The van der Waals surface area contributed by atoms with Crippen LogP contribution in [0.1, 0.15) is 38.5 Å². The van der Waals surface area contributed by atoms with E-state index in [0.717, 1.165) is 12.3 Å². The third kappa shape index (κ3) is 4.22. The van der Waals surface area contributed by atoms with Gasteiger partial charge in [0.1, 0.15) is 11.6 Å². The maximum Gasteiger partial charge on any atom is 0.491 e. The van der Waals surface area contributed by atoms with Crippen LogP contribution in [0.25, 0.3) is 0 Å². The van der Waals surface area contributed by atoms with Gasteiger partial charge in [-0.1, -0.05) is 38.2 Å². The summed E-state index contributed by atoms with van der Waals surface area (Å²) in [4.78, 5) is 0. The van der Waals surface area contributed by atoms with Crippen LogP contribution in [0.5, 0.6) is 5.75 Å². The Morgan fingerprint density at radius 3 is 2.58 bits per heavy atom. The highest BCUT2D eigenvalue weighted by Crippen LogP contribution is 2.26. The molecule has 2 N–H and O–H groups in total. The molecule has 104 valence electrons. The van der Waals surface area contributed by atoms with E-state index in [-0.39, 0.29) is 5.46 Å². The normalized spacial score (nSPS) is 16.4. The molecule has 0 saturated heterocycles. The summed E-state index contributed by atoms with van der Waals surface area (Å²) in [6.07, 6.45) is 7.50. The Morgan fingerprint density at radius 1 is 1.21 bits per heavy atom. The zero-order valence-electron chi connectivity index (χ0n) is 11.0. The summed E-state index contributed by atoms with van der Waals surface area (Å²) in [6.45, 7) is 0.588. The van der Waals surface area contributed by atoms with E-state index in [1.54, 1.807) is 6.07 Å². The van der Waals surface area contributed by atoms with E-state index in [1.165, 1.54) is 44.2 Å². The molecule has 1 fully saturated rings. The highest BCUT2D eigenvalue weighted by molar-refractivity contribution is 6.58. The molecule has 0 atom stereocenters. The Balaban J connectivity index is 1.81. The van der Waals surface area contributed by atoms with Crippen LogP contribution in [0.2, 0.25) is 0 Å². The minimum atomic E-state index is -1.78. The van der Waals surface area contributed by atoms with Crippen molar-refractivity contribution >= 4 is 12.6 Å². The van der Waals surface area contributed by atoms with E-state index in [2.05, 4.69) is 0 Å². The molecule has 0 bridgehead atoms. The SMILES string of the molecule is OB(O)c1ccc(OCCC2CCCCC2)cc1F. The highest BCUT2D eigenvalue weighted by Gasteiger charge is 2.17. The molecule has 0 radical (unpaired) electrons. The number of rotatable bonds is 5. The number of hydrogen-bond acceptors (Lipinski definition) is 3. The second kappa shape index (κ2) is 6.92. The fourth-order valence-corrected chi connectivity index (χ4v) is 2.63. The Bertz CT molecular complexity index is 406. The molecule has 1 aromatic rings. The molecule has 3 nitrogen and oxygen atoms in total. The monoisotopic (exact) mass is 266 g/mol. The lowest BCUT2D eigenvalue weighted by atomic mass is 9.80. The van der Waals surface area contributed by atoms with E-state index >= 15 is 0 Å². The summed E-state index contributed by atoms with van der Waals surface area (Å²) in [5, 5.41) is 17.8. The fraction of sp³-hybridized carbons (Fsp3) is 0.571. The average Bonchev–Trinajstić information content (AvgIpc) is 2.39. The lowest BCUT2D eigenvalue weighted by molar-refractivity contribution is 0.245. The Kier molecular flexibility index (Phi) is 5.22. The van der Waals surface area contributed by atoms with E-state index < -0.39 is 12.9 Å². The van der Waals surface area contributed by atoms with E-state index in [0.29, 0.717) is 12.4 Å². The summed E-state index contributed by atoms with van der Waals surface area (Å²) < 4.78 is 19.0. The third-order valence-corrected chi connectivity index (χ3v) is 3.77. The van der Waals surface area contributed by atoms with Gasteiger partial charge in [-0.05, 0) is 18.4 Å². The maximum absolute atomic E-state index is 13.5. The van der Waals surface area contributed by atoms with Crippen LogP contribution in [0, 0.1) is 11.7 Å². The quantitative estimate of drug-likeness (QED) is 0.800. The van der Waals surface area contributed by atoms with Crippen molar-refractivity contribution in [3.63, 3.8) is 0 Å². The van der Waals surface area contributed by atoms with Gasteiger partial charge in [-0.3, -0.25) is 0 Å². The average molecular weight is 266 g/mol. The van der Waals surface area contributed by atoms with Gasteiger partial charge in [0.15, 0.2) is 0 Å². The van der Waals surface area contributed by atoms with Crippen LogP contribution >= 0.6 is 0 Å². The van der Waals surface area contributed by atoms with E-state index in [4.69, 9.17) is 14.8 Å². The summed E-state index contributed by atoms with van der Waals surface area (Å²) in [5.41, 5.74) is -0.125. The molecular formula is C14H20BFO3. The highest BCUT2D eigenvalue weighted by atomic mass is 19.1. The molecular weight excluding hydrogens is 246 g/mol. The Morgan fingerprint density at radius 2 is 1.95 bits per heavy atom. The molecule has 0 aromatic heterocycles. The molecule has 1 aromatic carbocycles. The van der Waals surface area contributed by atoms with Crippen LogP contribution in [0.3, 0.4) is 0 Å². The molecule has 1 aliphatic rings. The fourth-order valence-electron chi connectivity index (χ4n) is 2.63. The Labute approximate surface area is 113 Å². The molecule has 0 aliphatic heterocycles. The van der Waals surface area contributed by atoms with Crippen molar-refractivity contribution in [3.8, 4) is 5.75 Å². The van der Waals surface area contributed by atoms with Gasteiger partial charge in [-0.2, -0.15) is 0 Å². The van der Waals surface area contributed by atoms with Crippen molar-refractivity contribution in [2.75, 3.05) is 6.61 Å². The van der Waals surface area contributed by atoms with Crippen LogP contribution in [-0.2, 0) is 0 Å². The first-order valence-corrected chi connectivity index (χ1v) is 6.95. The smallest absolute Gasteiger partial charge is 0.491 e. The van der Waals surface area contributed by atoms with Crippen LogP contribution in [-0.4, -0.2) is 23.8 Å². The summed E-state index contributed by atoms with van der Waals surface area (Å²) in [6, 6.07) is 4.12. The van der Waals surface area contributed by atoms with Crippen molar-refractivity contribution in [1.29, 1.82) is 0 Å². The molecule has 0 amide bonds. The molecule has 19 heavy (non-hydrogen) atoms. The number of hydrogen-bond donors (Lipinski definition) is 2. The first-order chi connectivity index (χ1) is 9.16. The van der Waals surface area contributed by atoms with Crippen LogP contribution in [0.15, 0.2) is 18.2 Å². The number of halogens is 1. The van der Waals surface area contributed by atoms with Gasteiger partial charge in [-0.25, -0.2) is 4.39 Å².